The van der Waals surface area contributed by atoms with Gasteiger partial charge >= 0.3 is 0 Å². The molecule has 0 atom stereocenters. The number of rotatable bonds is 2. The van der Waals surface area contributed by atoms with Crippen molar-refractivity contribution < 1.29 is 9.47 Å². The summed E-state index contributed by atoms with van der Waals surface area (Å²) in [4.78, 5) is 7.84. The minimum absolute atomic E-state index is 0.552. The van der Waals surface area contributed by atoms with Gasteiger partial charge in [0.25, 0.3) is 0 Å². The fourth-order valence-electron chi connectivity index (χ4n) is 2.97. The van der Waals surface area contributed by atoms with E-state index >= 15 is 0 Å². The van der Waals surface area contributed by atoms with Gasteiger partial charge in [-0.15, -0.1) is 0 Å². The van der Waals surface area contributed by atoms with Crippen LogP contribution in [0, 0.1) is 6.92 Å². The van der Waals surface area contributed by atoms with E-state index in [0.29, 0.717) is 11.8 Å². The van der Waals surface area contributed by atoms with Gasteiger partial charge < -0.3 is 14.5 Å². The number of H-pyrrole nitrogens is 1. The normalized spacial score (nSPS) is 11.4. The number of nitrogens with one attached hydrogen (secondary N) is 1. The molecule has 0 aliphatic carbocycles. The van der Waals surface area contributed by atoms with Gasteiger partial charge in [-0.3, -0.25) is 0 Å². The molecular formula is C18H16N2O2. The minimum atomic E-state index is 0.552. The molecule has 0 unspecified atom stereocenters. The van der Waals surface area contributed by atoms with Crippen LogP contribution in [0.3, 0.4) is 0 Å². The second-order valence-electron chi connectivity index (χ2n) is 5.47. The highest BCUT2D eigenvalue weighted by atomic mass is 16.5. The van der Waals surface area contributed by atoms with Gasteiger partial charge in [-0.25, -0.2) is 0 Å². The summed E-state index contributed by atoms with van der Waals surface area (Å²) in [7, 11) is 3.24. The first-order chi connectivity index (χ1) is 10.7. The van der Waals surface area contributed by atoms with E-state index in [1.165, 1.54) is 16.3 Å². The lowest BCUT2D eigenvalue weighted by Crippen LogP contribution is -1.93. The van der Waals surface area contributed by atoms with Gasteiger partial charge in [0.1, 0.15) is 0 Å². The third-order valence-corrected chi connectivity index (χ3v) is 4.05. The van der Waals surface area contributed by atoms with Crippen molar-refractivity contribution in [3.05, 3.63) is 42.0 Å². The third kappa shape index (κ3) is 1.80. The molecule has 0 fully saturated rings. The Morgan fingerprint density at radius 1 is 0.864 bits per heavy atom. The van der Waals surface area contributed by atoms with Crippen molar-refractivity contribution in [3.63, 3.8) is 0 Å². The van der Waals surface area contributed by atoms with Gasteiger partial charge in [0.15, 0.2) is 0 Å². The summed E-state index contributed by atoms with van der Waals surface area (Å²) in [5.74, 6) is 1.13. The van der Waals surface area contributed by atoms with Crippen molar-refractivity contribution in [2.24, 2.45) is 0 Å². The quantitative estimate of drug-likeness (QED) is 0.602. The molecule has 0 amide bonds. The SMILES string of the molecule is COc1cc2cc3[nH]c4ccc(C)cc4c3cc2c(OC)n1. The fourth-order valence-corrected chi connectivity index (χ4v) is 2.97. The zero-order valence-corrected chi connectivity index (χ0v) is 12.7. The Hall–Kier alpha value is -2.75. The maximum absolute atomic E-state index is 5.43. The summed E-state index contributed by atoms with van der Waals surface area (Å²) in [5.41, 5.74) is 3.48. The maximum Gasteiger partial charge on any atom is 0.224 e. The molecule has 2 heterocycles. The van der Waals surface area contributed by atoms with Gasteiger partial charge in [-0.1, -0.05) is 11.6 Å². The lowest BCUT2D eigenvalue weighted by molar-refractivity contribution is 0.369. The standard InChI is InChI=1S/C18H16N2O2/c1-10-4-5-15-13(6-10)14-9-12-11(7-16(14)19-15)8-17(21-2)20-18(12)22-3/h4-9,19H,1-3H3. The Kier molecular flexibility index (Phi) is 2.73. The highest BCUT2D eigenvalue weighted by molar-refractivity contribution is 6.12. The topological polar surface area (TPSA) is 47.1 Å². The molecule has 4 aromatic rings. The highest BCUT2D eigenvalue weighted by Crippen LogP contribution is 2.34. The van der Waals surface area contributed by atoms with Gasteiger partial charge in [0, 0.05) is 33.3 Å². The molecule has 0 bridgehead atoms. The summed E-state index contributed by atoms with van der Waals surface area (Å²) in [5, 5.41) is 4.42. The number of hydrogen-bond donors (Lipinski definition) is 1. The van der Waals surface area contributed by atoms with Crippen molar-refractivity contribution in [2.75, 3.05) is 14.2 Å². The van der Waals surface area contributed by atoms with E-state index < -0.39 is 0 Å². The van der Waals surface area contributed by atoms with Crippen molar-refractivity contribution in [1.82, 2.24) is 9.97 Å². The van der Waals surface area contributed by atoms with Gasteiger partial charge in [0.2, 0.25) is 11.8 Å². The van der Waals surface area contributed by atoms with E-state index in [1.54, 1.807) is 14.2 Å². The van der Waals surface area contributed by atoms with E-state index in [9.17, 15) is 0 Å². The van der Waals surface area contributed by atoms with Gasteiger partial charge in [-0.2, -0.15) is 4.98 Å². The van der Waals surface area contributed by atoms with Crippen LogP contribution < -0.4 is 9.47 Å². The van der Waals surface area contributed by atoms with Crippen molar-refractivity contribution in [3.8, 4) is 11.8 Å². The molecule has 0 spiro atoms. The van der Waals surface area contributed by atoms with Crippen LogP contribution in [0.2, 0.25) is 0 Å². The van der Waals surface area contributed by atoms with Crippen LogP contribution in [-0.4, -0.2) is 24.2 Å². The Morgan fingerprint density at radius 3 is 2.45 bits per heavy atom. The predicted octanol–water partition coefficient (Wildman–Crippen LogP) is 4.19. The number of methoxy groups -OCH3 is 2. The monoisotopic (exact) mass is 292 g/mol. The number of aromatic amines is 1. The molecule has 110 valence electrons. The molecule has 22 heavy (non-hydrogen) atoms. The highest BCUT2D eigenvalue weighted by Gasteiger charge is 2.11. The first kappa shape index (κ1) is 13.0. The van der Waals surface area contributed by atoms with Crippen LogP contribution in [0.4, 0.5) is 0 Å². The maximum atomic E-state index is 5.43. The van der Waals surface area contributed by atoms with Gasteiger partial charge in [0.05, 0.1) is 14.2 Å². The summed E-state index contributed by atoms with van der Waals surface area (Å²) < 4.78 is 10.7. The smallest absolute Gasteiger partial charge is 0.224 e. The molecule has 2 aromatic carbocycles. The molecule has 2 aromatic heterocycles. The number of ether oxygens (including phenoxy) is 2. The summed E-state index contributed by atoms with van der Waals surface area (Å²) >= 11 is 0. The van der Waals surface area contributed by atoms with Crippen molar-refractivity contribution in [1.29, 1.82) is 0 Å². The number of aryl methyl sites for hydroxylation is 1. The fraction of sp³-hybridized carbons (Fsp3) is 0.167. The summed E-state index contributed by atoms with van der Waals surface area (Å²) in [6.07, 6.45) is 0. The van der Waals surface area contributed by atoms with Crippen LogP contribution in [0.25, 0.3) is 32.6 Å². The third-order valence-electron chi connectivity index (χ3n) is 4.05. The first-order valence-corrected chi connectivity index (χ1v) is 7.14. The molecule has 0 aliphatic heterocycles. The predicted molar refractivity (Wildman–Crippen MR) is 88.9 cm³/mol. The average molecular weight is 292 g/mol. The molecule has 4 heteroatoms. The number of aromatic nitrogens is 2. The molecule has 4 rings (SSSR count). The molecule has 0 saturated heterocycles. The number of pyridine rings is 1. The second-order valence-corrected chi connectivity index (χ2v) is 5.47. The Balaban J connectivity index is 2.15. The van der Waals surface area contributed by atoms with E-state index in [0.717, 1.165) is 21.8 Å². The Labute approximate surface area is 127 Å². The molecule has 0 saturated carbocycles. The Bertz CT molecular complexity index is 1020. The zero-order valence-electron chi connectivity index (χ0n) is 12.7. The number of nitrogens with zero attached hydrogens (tertiary/aromatic N) is 1. The van der Waals surface area contributed by atoms with Crippen LogP contribution in [0.5, 0.6) is 11.8 Å². The van der Waals surface area contributed by atoms with Crippen LogP contribution in [0.1, 0.15) is 5.56 Å². The summed E-state index contributed by atoms with van der Waals surface area (Å²) in [6, 6.07) is 12.6. The van der Waals surface area contributed by atoms with E-state index in [2.05, 4.69) is 47.2 Å². The molecular weight excluding hydrogens is 276 g/mol. The lowest BCUT2D eigenvalue weighted by Gasteiger charge is -2.07. The number of benzene rings is 2. The van der Waals surface area contributed by atoms with Gasteiger partial charge in [-0.05, 0) is 36.6 Å². The molecule has 1 N–H and O–H groups in total. The largest absolute Gasteiger partial charge is 0.481 e. The average Bonchev–Trinajstić information content (AvgIpc) is 2.88. The van der Waals surface area contributed by atoms with Crippen molar-refractivity contribution >= 4 is 32.6 Å². The number of hydrogen-bond acceptors (Lipinski definition) is 3. The first-order valence-electron chi connectivity index (χ1n) is 7.14. The second kappa shape index (κ2) is 4.63. The zero-order chi connectivity index (χ0) is 15.3. The number of fused-ring (bicyclic) bond motifs is 4. The summed E-state index contributed by atoms with van der Waals surface area (Å²) in [6.45, 7) is 2.10. The Morgan fingerprint density at radius 2 is 1.68 bits per heavy atom. The van der Waals surface area contributed by atoms with E-state index in [1.807, 2.05) is 6.07 Å². The lowest BCUT2D eigenvalue weighted by atomic mass is 10.1. The van der Waals surface area contributed by atoms with Crippen molar-refractivity contribution in [2.45, 2.75) is 6.92 Å². The van der Waals surface area contributed by atoms with Crippen LogP contribution in [0.15, 0.2) is 36.4 Å². The minimum Gasteiger partial charge on any atom is -0.481 e. The van der Waals surface area contributed by atoms with Crippen LogP contribution >= 0.6 is 0 Å². The van der Waals surface area contributed by atoms with E-state index in [-0.39, 0.29) is 0 Å². The molecule has 0 aliphatic rings. The molecule has 4 nitrogen and oxygen atoms in total. The van der Waals surface area contributed by atoms with E-state index in [4.69, 9.17) is 9.47 Å². The molecule has 0 radical (unpaired) electrons. The van der Waals surface area contributed by atoms with Crippen LogP contribution in [-0.2, 0) is 0 Å².